The van der Waals surface area contributed by atoms with E-state index in [1.165, 1.54) is 25.0 Å². The van der Waals surface area contributed by atoms with Gasteiger partial charge in [0.15, 0.2) is 0 Å². The van der Waals surface area contributed by atoms with E-state index < -0.39 is 0 Å². The van der Waals surface area contributed by atoms with E-state index in [4.69, 9.17) is 11.6 Å². The van der Waals surface area contributed by atoms with E-state index in [-0.39, 0.29) is 5.82 Å². The third-order valence-electron chi connectivity index (χ3n) is 3.89. The van der Waals surface area contributed by atoms with E-state index in [1.54, 1.807) is 6.07 Å². The van der Waals surface area contributed by atoms with E-state index in [2.05, 4.69) is 10.2 Å². The maximum Gasteiger partial charge on any atom is 0.124 e. The second-order valence-electron chi connectivity index (χ2n) is 5.37. The highest BCUT2D eigenvalue weighted by molar-refractivity contribution is 6.31. The molecule has 0 amide bonds. The number of halogens is 2. The van der Waals surface area contributed by atoms with Crippen LogP contribution in [0.1, 0.15) is 18.4 Å². The van der Waals surface area contributed by atoms with Crippen molar-refractivity contribution >= 4 is 11.6 Å². The number of benzene rings is 1. The maximum absolute atomic E-state index is 13.0. The Bertz CT molecular complexity index is 434. The molecular weight excluding hydrogens is 251 g/mol. The lowest BCUT2D eigenvalue weighted by molar-refractivity contribution is 0.181. The second kappa shape index (κ2) is 5.16. The molecule has 1 saturated carbocycles. The van der Waals surface area contributed by atoms with Crippen LogP contribution in [0.5, 0.6) is 0 Å². The first-order valence-corrected chi connectivity index (χ1v) is 7.00. The summed E-state index contributed by atoms with van der Waals surface area (Å²) in [6.07, 6.45) is 2.73. The molecule has 4 heteroatoms. The first-order chi connectivity index (χ1) is 8.72. The summed E-state index contributed by atoms with van der Waals surface area (Å²) in [6, 6.07) is 5.32. The van der Waals surface area contributed by atoms with Gasteiger partial charge in [-0.3, -0.25) is 4.90 Å². The number of hydrogen-bond acceptors (Lipinski definition) is 2. The molecule has 1 atom stereocenters. The monoisotopic (exact) mass is 268 g/mol. The van der Waals surface area contributed by atoms with Crippen molar-refractivity contribution < 1.29 is 4.39 Å². The Morgan fingerprint density at radius 1 is 1.39 bits per heavy atom. The molecule has 1 N–H and O–H groups in total. The fraction of sp³-hybridized carbons (Fsp3) is 0.571. The molecule has 1 aromatic rings. The number of rotatable bonds is 3. The van der Waals surface area contributed by atoms with Crippen molar-refractivity contribution in [2.75, 3.05) is 19.6 Å². The van der Waals surface area contributed by atoms with Crippen LogP contribution >= 0.6 is 11.6 Å². The van der Waals surface area contributed by atoms with Gasteiger partial charge in [-0.2, -0.15) is 0 Å². The summed E-state index contributed by atoms with van der Waals surface area (Å²) in [5.74, 6) is 0.608. The third-order valence-corrected chi connectivity index (χ3v) is 4.24. The molecule has 2 nitrogen and oxygen atoms in total. The van der Waals surface area contributed by atoms with Crippen LogP contribution in [-0.4, -0.2) is 30.6 Å². The van der Waals surface area contributed by atoms with Gasteiger partial charge in [-0.25, -0.2) is 4.39 Å². The van der Waals surface area contributed by atoms with Crippen LogP contribution in [0.3, 0.4) is 0 Å². The normalized spacial score (nSPS) is 25.3. The second-order valence-corrected chi connectivity index (χ2v) is 5.78. The molecule has 0 aromatic heterocycles. The Balaban J connectivity index is 1.64. The first-order valence-electron chi connectivity index (χ1n) is 6.62. The molecule has 1 aliphatic heterocycles. The van der Waals surface area contributed by atoms with E-state index in [9.17, 15) is 4.39 Å². The van der Waals surface area contributed by atoms with Crippen LogP contribution in [0.2, 0.25) is 5.02 Å². The average Bonchev–Trinajstić information content (AvgIpc) is 3.17. The zero-order valence-electron chi connectivity index (χ0n) is 10.3. The molecule has 0 radical (unpaired) electrons. The van der Waals surface area contributed by atoms with E-state index in [1.807, 2.05) is 0 Å². The van der Waals surface area contributed by atoms with Crippen molar-refractivity contribution in [3.63, 3.8) is 0 Å². The fourth-order valence-electron chi connectivity index (χ4n) is 2.69. The molecule has 98 valence electrons. The molecule has 3 rings (SSSR count). The number of piperazine rings is 1. The van der Waals surface area contributed by atoms with Crippen molar-refractivity contribution in [3.8, 4) is 0 Å². The lowest BCUT2D eigenvalue weighted by Crippen LogP contribution is -2.51. The Kier molecular flexibility index (Phi) is 3.55. The third kappa shape index (κ3) is 2.85. The SMILES string of the molecule is Fc1ccc(CN2CCNC(C3CC3)C2)c(Cl)c1. The number of nitrogens with zero attached hydrogens (tertiary/aromatic N) is 1. The van der Waals surface area contributed by atoms with Gasteiger partial charge in [0.05, 0.1) is 0 Å². The predicted octanol–water partition coefficient (Wildman–Crippen LogP) is 2.66. The van der Waals surface area contributed by atoms with Crippen LogP contribution in [-0.2, 0) is 6.54 Å². The molecule has 1 aliphatic carbocycles. The summed E-state index contributed by atoms with van der Waals surface area (Å²) < 4.78 is 13.0. The fourth-order valence-corrected chi connectivity index (χ4v) is 2.92. The van der Waals surface area contributed by atoms with Crippen molar-refractivity contribution in [2.45, 2.75) is 25.4 Å². The molecule has 1 heterocycles. The average molecular weight is 269 g/mol. The van der Waals surface area contributed by atoms with Crippen LogP contribution in [0.4, 0.5) is 4.39 Å². The largest absolute Gasteiger partial charge is 0.311 e. The highest BCUT2D eigenvalue weighted by atomic mass is 35.5. The van der Waals surface area contributed by atoms with E-state index in [0.717, 1.165) is 37.7 Å². The zero-order chi connectivity index (χ0) is 12.5. The summed E-state index contributed by atoms with van der Waals surface area (Å²) in [7, 11) is 0. The molecule has 0 spiro atoms. The minimum atomic E-state index is -0.264. The topological polar surface area (TPSA) is 15.3 Å². The maximum atomic E-state index is 13.0. The van der Waals surface area contributed by atoms with Gasteiger partial charge in [0.25, 0.3) is 0 Å². The lowest BCUT2D eigenvalue weighted by atomic mass is 10.1. The van der Waals surface area contributed by atoms with Gasteiger partial charge in [-0.05, 0) is 36.5 Å². The lowest BCUT2D eigenvalue weighted by Gasteiger charge is -2.34. The van der Waals surface area contributed by atoms with E-state index >= 15 is 0 Å². The van der Waals surface area contributed by atoms with Crippen LogP contribution < -0.4 is 5.32 Å². The van der Waals surface area contributed by atoms with Gasteiger partial charge in [-0.15, -0.1) is 0 Å². The quantitative estimate of drug-likeness (QED) is 0.907. The highest BCUT2D eigenvalue weighted by Gasteiger charge is 2.33. The van der Waals surface area contributed by atoms with Gasteiger partial charge in [0.2, 0.25) is 0 Å². The summed E-state index contributed by atoms with van der Waals surface area (Å²) in [5, 5.41) is 4.12. The molecule has 1 saturated heterocycles. The summed E-state index contributed by atoms with van der Waals surface area (Å²) in [6.45, 7) is 3.99. The van der Waals surface area contributed by atoms with Gasteiger partial charge in [0.1, 0.15) is 5.82 Å². The molecule has 18 heavy (non-hydrogen) atoms. The molecular formula is C14H18ClFN2. The van der Waals surface area contributed by atoms with Crippen LogP contribution in [0.25, 0.3) is 0 Å². The van der Waals surface area contributed by atoms with Crippen LogP contribution in [0, 0.1) is 11.7 Å². The Morgan fingerprint density at radius 2 is 2.22 bits per heavy atom. The summed E-state index contributed by atoms with van der Waals surface area (Å²) in [4.78, 5) is 2.42. The standard InChI is InChI=1S/C14H18ClFN2/c15-13-7-12(16)4-3-11(13)8-18-6-5-17-14(9-18)10-1-2-10/h3-4,7,10,14,17H,1-2,5-6,8-9H2. The van der Waals surface area contributed by atoms with Crippen molar-refractivity contribution in [1.82, 2.24) is 10.2 Å². The van der Waals surface area contributed by atoms with Gasteiger partial charge >= 0.3 is 0 Å². The minimum absolute atomic E-state index is 0.264. The Morgan fingerprint density at radius 3 is 2.94 bits per heavy atom. The van der Waals surface area contributed by atoms with E-state index in [0.29, 0.717) is 11.1 Å². The van der Waals surface area contributed by atoms with Gasteiger partial charge in [-0.1, -0.05) is 17.7 Å². The molecule has 1 unspecified atom stereocenters. The van der Waals surface area contributed by atoms with Gasteiger partial charge in [0, 0.05) is 37.2 Å². The van der Waals surface area contributed by atoms with Crippen molar-refractivity contribution in [2.24, 2.45) is 5.92 Å². The Hall–Kier alpha value is -0.640. The molecule has 1 aromatic carbocycles. The first kappa shape index (κ1) is 12.4. The van der Waals surface area contributed by atoms with Gasteiger partial charge < -0.3 is 5.32 Å². The van der Waals surface area contributed by atoms with Crippen molar-refractivity contribution in [3.05, 3.63) is 34.6 Å². The smallest absolute Gasteiger partial charge is 0.124 e. The number of nitrogens with one attached hydrogen (secondary N) is 1. The zero-order valence-corrected chi connectivity index (χ0v) is 11.1. The number of hydrogen-bond donors (Lipinski definition) is 1. The van der Waals surface area contributed by atoms with Crippen molar-refractivity contribution in [1.29, 1.82) is 0 Å². The summed E-state index contributed by atoms with van der Waals surface area (Å²) >= 11 is 6.08. The molecule has 0 bridgehead atoms. The summed E-state index contributed by atoms with van der Waals surface area (Å²) in [5.41, 5.74) is 1.02. The molecule has 2 aliphatic rings. The minimum Gasteiger partial charge on any atom is -0.311 e. The predicted molar refractivity (Wildman–Crippen MR) is 71.2 cm³/mol. The highest BCUT2D eigenvalue weighted by Crippen LogP contribution is 2.34. The molecule has 2 fully saturated rings. The van der Waals surface area contributed by atoms with Crippen LogP contribution in [0.15, 0.2) is 18.2 Å². The Labute approximate surface area is 112 Å².